The van der Waals surface area contributed by atoms with Gasteiger partial charge in [0.05, 0.1) is 10.9 Å². The molecule has 30 heavy (non-hydrogen) atoms. The summed E-state index contributed by atoms with van der Waals surface area (Å²) in [7, 11) is 0. The highest BCUT2D eigenvalue weighted by atomic mass is 79.9. The molecule has 3 aromatic heterocycles. The molecule has 0 aliphatic carbocycles. The second kappa shape index (κ2) is 8.75. The standard InChI is InChI=1S/C20H18BrN5O2S2/c1-4-7-26-17(16-9-13-8-14(21)5-6-15(13)28-16)24-25-20(26)30-12(3)18(27)23-19-22-11(2)10-29-19/h4-6,8-10,12H,1,7H2,2-3H3,(H,22,23,27)/t12-/m0/s1. The highest BCUT2D eigenvalue weighted by Crippen LogP contribution is 2.32. The Morgan fingerprint density at radius 1 is 1.43 bits per heavy atom. The first kappa shape index (κ1) is 20.8. The van der Waals surface area contributed by atoms with Crippen LogP contribution in [0.3, 0.4) is 0 Å². The molecule has 0 bridgehead atoms. The predicted octanol–water partition coefficient (Wildman–Crippen LogP) is 5.52. The lowest BCUT2D eigenvalue weighted by atomic mass is 10.2. The fourth-order valence-electron chi connectivity index (χ4n) is 2.81. The van der Waals surface area contributed by atoms with Gasteiger partial charge < -0.3 is 9.73 Å². The smallest absolute Gasteiger partial charge is 0.239 e. The van der Waals surface area contributed by atoms with Crippen molar-refractivity contribution < 1.29 is 9.21 Å². The summed E-state index contributed by atoms with van der Waals surface area (Å²) in [4.78, 5) is 16.8. The maximum absolute atomic E-state index is 12.6. The monoisotopic (exact) mass is 503 g/mol. The number of furan rings is 1. The van der Waals surface area contributed by atoms with Gasteiger partial charge in [-0.1, -0.05) is 33.8 Å². The number of amides is 1. The van der Waals surface area contributed by atoms with Crippen LogP contribution in [-0.4, -0.2) is 30.9 Å². The number of hydrogen-bond donors (Lipinski definition) is 1. The molecule has 1 amide bonds. The summed E-state index contributed by atoms with van der Waals surface area (Å²) in [6.45, 7) is 8.04. The average molecular weight is 504 g/mol. The van der Waals surface area contributed by atoms with Crippen LogP contribution in [0, 0.1) is 6.92 Å². The third-order valence-corrected chi connectivity index (χ3v) is 6.68. The Kier molecular flexibility index (Phi) is 6.07. The van der Waals surface area contributed by atoms with E-state index in [1.54, 1.807) is 6.08 Å². The van der Waals surface area contributed by atoms with Gasteiger partial charge in [-0.05, 0) is 38.1 Å². The molecule has 0 spiro atoms. The second-order valence-corrected chi connectivity index (χ2v) is 9.62. The van der Waals surface area contributed by atoms with Gasteiger partial charge in [-0.25, -0.2) is 4.98 Å². The molecule has 4 aromatic rings. The number of benzene rings is 1. The Morgan fingerprint density at radius 2 is 2.27 bits per heavy atom. The number of halogens is 1. The van der Waals surface area contributed by atoms with E-state index in [0.717, 1.165) is 21.1 Å². The Labute approximate surface area is 189 Å². The molecule has 0 fully saturated rings. The quantitative estimate of drug-likeness (QED) is 0.263. The van der Waals surface area contributed by atoms with Crippen molar-refractivity contribution in [3.8, 4) is 11.6 Å². The van der Waals surface area contributed by atoms with Gasteiger partial charge in [0.25, 0.3) is 0 Å². The molecule has 0 unspecified atom stereocenters. The molecule has 154 valence electrons. The van der Waals surface area contributed by atoms with Crippen molar-refractivity contribution in [1.82, 2.24) is 19.7 Å². The first-order chi connectivity index (χ1) is 14.4. The third-order valence-electron chi connectivity index (χ3n) is 4.23. The van der Waals surface area contributed by atoms with Crippen molar-refractivity contribution in [1.29, 1.82) is 0 Å². The summed E-state index contributed by atoms with van der Waals surface area (Å²) in [5.41, 5.74) is 1.64. The van der Waals surface area contributed by atoms with E-state index in [4.69, 9.17) is 4.42 Å². The molecular formula is C20H18BrN5O2S2. The van der Waals surface area contributed by atoms with Crippen LogP contribution in [0.15, 0.2) is 56.3 Å². The zero-order chi connectivity index (χ0) is 21.3. The zero-order valence-electron chi connectivity index (χ0n) is 16.3. The Hall–Kier alpha value is -2.43. The number of aromatic nitrogens is 4. The molecule has 0 saturated heterocycles. The van der Waals surface area contributed by atoms with Crippen LogP contribution < -0.4 is 5.32 Å². The average Bonchev–Trinajstić information content (AvgIpc) is 3.41. The maximum atomic E-state index is 12.6. The van der Waals surface area contributed by atoms with Gasteiger partial charge in [0.1, 0.15) is 5.58 Å². The van der Waals surface area contributed by atoms with Crippen LogP contribution >= 0.6 is 39.0 Å². The number of nitrogens with one attached hydrogen (secondary N) is 1. The number of carbonyl (C=O) groups excluding carboxylic acids is 1. The van der Waals surface area contributed by atoms with E-state index >= 15 is 0 Å². The number of hydrogen-bond acceptors (Lipinski definition) is 7. The van der Waals surface area contributed by atoms with Gasteiger partial charge in [-0.3, -0.25) is 9.36 Å². The van der Waals surface area contributed by atoms with Crippen LogP contribution in [0.25, 0.3) is 22.6 Å². The molecule has 3 heterocycles. The lowest BCUT2D eigenvalue weighted by molar-refractivity contribution is -0.115. The van der Waals surface area contributed by atoms with E-state index < -0.39 is 0 Å². The van der Waals surface area contributed by atoms with Gasteiger partial charge >= 0.3 is 0 Å². The number of allylic oxidation sites excluding steroid dienone is 1. The minimum atomic E-state index is -0.388. The van der Waals surface area contributed by atoms with Gasteiger partial charge in [-0.15, -0.1) is 28.1 Å². The molecule has 0 saturated carbocycles. The predicted molar refractivity (Wildman–Crippen MR) is 124 cm³/mol. The SMILES string of the molecule is C=CCn1c(S[C@@H](C)C(=O)Nc2nc(C)cs2)nnc1-c1cc2cc(Br)ccc2o1. The Balaban J connectivity index is 1.58. The molecule has 0 radical (unpaired) electrons. The lowest BCUT2D eigenvalue weighted by Crippen LogP contribution is -2.22. The first-order valence-electron chi connectivity index (χ1n) is 9.08. The summed E-state index contributed by atoms with van der Waals surface area (Å²) in [6, 6.07) is 7.74. The van der Waals surface area contributed by atoms with E-state index in [-0.39, 0.29) is 11.2 Å². The molecule has 1 N–H and O–H groups in total. The Morgan fingerprint density at radius 3 is 3.00 bits per heavy atom. The molecule has 1 atom stereocenters. The molecule has 4 rings (SSSR count). The van der Waals surface area contributed by atoms with Crippen LogP contribution in [0.5, 0.6) is 0 Å². The fourth-order valence-corrected chi connectivity index (χ4v) is 4.73. The number of aryl methyl sites for hydroxylation is 1. The van der Waals surface area contributed by atoms with Crippen molar-refractivity contribution in [3.63, 3.8) is 0 Å². The minimum Gasteiger partial charge on any atom is -0.453 e. The van der Waals surface area contributed by atoms with E-state index in [2.05, 4.69) is 43.0 Å². The molecule has 7 nitrogen and oxygen atoms in total. The summed E-state index contributed by atoms with van der Waals surface area (Å²) in [5, 5.41) is 15.1. The number of thiazole rings is 1. The second-order valence-electron chi connectivity index (χ2n) is 6.54. The van der Waals surface area contributed by atoms with Crippen molar-refractivity contribution in [2.45, 2.75) is 30.8 Å². The van der Waals surface area contributed by atoms with Gasteiger partial charge in [-0.2, -0.15) is 0 Å². The van der Waals surface area contributed by atoms with Crippen LogP contribution in [0.4, 0.5) is 5.13 Å². The largest absolute Gasteiger partial charge is 0.453 e. The van der Waals surface area contributed by atoms with E-state index in [9.17, 15) is 4.79 Å². The zero-order valence-corrected chi connectivity index (χ0v) is 19.5. The number of anilines is 1. The maximum Gasteiger partial charge on any atom is 0.239 e. The molecule has 1 aromatic carbocycles. The third kappa shape index (κ3) is 4.35. The van der Waals surface area contributed by atoms with Gasteiger partial charge in [0, 0.05) is 21.8 Å². The number of nitrogens with zero attached hydrogens (tertiary/aromatic N) is 4. The van der Waals surface area contributed by atoms with E-state index in [1.165, 1.54) is 23.1 Å². The highest BCUT2D eigenvalue weighted by molar-refractivity contribution is 9.10. The minimum absolute atomic E-state index is 0.141. The van der Waals surface area contributed by atoms with Crippen molar-refractivity contribution in [3.05, 3.63) is 52.5 Å². The Bertz CT molecular complexity index is 1230. The number of fused-ring (bicyclic) bond motifs is 1. The van der Waals surface area contributed by atoms with Gasteiger partial charge in [0.15, 0.2) is 16.0 Å². The normalized spacial score (nSPS) is 12.2. The van der Waals surface area contributed by atoms with Crippen molar-refractivity contribution in [2.24, 2.45) is 0 Å². The number of thioether (sulfide) groups is 1. The summed E-state index contributed by atoms with van der Waals surface area (Å²) >= 11 is 6.20. The van der Waals surface area contributed by atoms with Crippen molar-refractivity contribution in [2.75, 3.05) is 5.32 Å². The fraction of sp³-hybridized carbons (Fsp3) is 0.200. The summed E-state index contributed by atoms with van der Waals surface area (Å²) < 4.78 is 8.83. The topological polar surface area (TPSA) is 85.8 Å². The van der Waals surface area contributed by atoms with Gasteiger partial charge in [0.2, 0.25) is 11.7 Å². The highest BCUT2D eigenvalue weighted by Gasteiger charge is 2.22. The van der Waals surface area contributed by atoms with Crippen LogP contribution in [0.2, 0.25) is 0 Å². The van der Waals surface area contributed by atoms with Crippen LogP contribution in [0.1, 0.15) is 12.6 Å². The summed E-state index contributed by atoms with van der Waals surface area (Å²) in [5.74, 6) is 1.06. The molecular weight excluding hydrogens is 486 g/mol. The molecule has 10 heteroatoms. The van der Waals surface area contributed by atoms with E-state index in [1.807, 2.05) is 48.1 Å². The number of carbonyl (C=O) groups is 1. The molecule has 0 aliphatic heterocycles. The van der Waals surface area contributed by atoms with E-state index in [0.29, 0.717) is 28.4 Å². The summed E-state index contributed by atoms with van der Waals surface area (Å²) in [6.07, 6.45) is 1.76. The number of rotatable bonds is 7. The van der Waals surface area contributed by atoms with Crippen molar-refractivity contribution >= 4 is 61.0 Å². The lowest BCUT2D eigenvalue weighted by Gasteiger charge is -2.11. The molecule has 0 aliphatic rings. The van der Waals surface area contributed by atoms with Crippen LogP contribution in [-0.2, 0) is 11.3 Å². The first-order valence-corrected chi connectivity index (χ1v) is 11.6.